The van der Waals surface area contributed by atoms with Crippen molar-refractivity contribution in [3.8, 4) is 11.5 Å². The first-order valence-corrected chi connectivity index (χ1v) is 8.88. The maximum Gasteiger partial charge on any atom is 0.251 e. The lowest BCUT2D eigenvalue weighted by Gasteiger charge is -2.28. The van der Waals surface area contributed by atoms with Crippen molar-refractivity contribution < 1.29 is 18.7 Å². The van der Waals surface area contributed by atoms with Gasteiger partial charge in [-0.15, -0.1) is 12.4 Å². The van der Waals surface area contributed by atoms with Crippen molar-refractivity contribution in [2.75, 3.05) is 26.4 Å². The molecular weight excluding hydrogens is 371 g/mol. The molecule has 1 saturated heterocycles. The summed E-state index contributed by atoms with van der Waals surface area (Å²) in [6.07, 6.45) is 2.30. The summed E-state index contributed by atoms with van der Waals surface area (Å²) < 4.78 is 24.2. The summed E-state index contributed by atoms with van der Waals surface area (Å²) >= 11 is 0. The van der Waals surface area contributed by atoms with E-state index < -0.39 is 5.82 Å². The van der Waals surface area contributed by atoms with Gasteiger partial charge in [0.2, 0.25) is 6.79 Å². The van der Waals surface area contributed by atoms with Crippen LogP contribution in [0.25, 0.3) is 0 Å². The first-order chi connectivity index (χ1) is 12.7. The van der Waals surface area contributed by atoms with Crippen molar-refractivity contribution in [3.05, 3.63) is 59.4 Å². The normalized spacial score (nSPS) is 16.6. The average Bonchev–Trinajstić information content (AvgIpc) is 3.33. The van der Waals surface area contributed by atoms with Gasteiger partial charge in [0, 0.05) is 12.1 Å². The smallest absolute Gasteiger partial charge is 0.251 e. The van der Waals surface area contributed by atoms with E-state index in [1.54, 1.807) is 12.1 Å². The van der Waals surface area contributed by atoms with Crippen LogP contribution in [0.3, 0.4) is 0 Å². The van der Waals surface area contributed by atoms with Gasteiger partial charge < -0.3 is 14.8 Å². The number of carbonyl (C=O) groups is 1. The van der Waals surface area contributed by atoms with E-state index in [1.165, 1.54) is 12.1 Å². The maximum absolute atomic E-state index is 13.4. The molecule has 1 unspecified atom stereocenters. The van der Waals surface area contributed by atoms with E-state index in [-0.39, 0.29) is 31.1 Å². The predicted molar refractivity (Wildman–Crippen MR) is 102 cm³/mol. The van der Waals surface area contributed by atoms with E-state index in [4.69, 9.17) is 9.47 Å². The summed E-state index contributed by atoms with van der Waals surface area (Å²) in [6, 6.07) is 11.7. The van der Waals surface area contributed by atoms with Crippen LogP contribution in [0, 0.1) is 5.82 Å². The number of nitrogens with one attached hydrogen (secondary N) is 1. The second-order valence-corrected chi connectivity index (χ2v) is 6.59. The second kappa shape index (κ2) is 8.59. The van der Waals surface area contributed by atoms with Gasteiger partial charge in [0.05, 0.1) is 6.04 Å². The van der Waals surface area contributed by atoms with E-state index in [2.05, 4.69) is 10.2 Å². The van der Waals surface area contributed by atoms with E-state index >= 15 is 0 Å². The standard InChI is InChI=1S/C20H21FN2O3.ClH/c21-16-5-3-4-15(10-16)20(24)22-12-17(23-8-1-2-9-23)14-6-7-18-19(11-14)26-13-25-18;/h3-7,10-11,17H,1-2,8-9,12-13H2,(H,22,24);1H. The highest BCUT2D eigenvalue weighted by atomic mass is 35.5. The molecule has 2 aromatic carbocycles. The van der Waals surface area contributed by atoms with Gasteiger partial charge in [-0.2, -0.15) is 0 Å². The van der Waals surface area contributed by atoms with Gasteiger partial charge in [-0.25, -0.2) is 4.39 Å². The lowest BCUT2D eigenvalue weighted by Crippen LogP contribution is -2.36. The molecule has 2 aromatic rings. The lowest BCUT2D eigenvalue weighted by atomic mass is 10.0. The third-order valence-corrected chi connectivity index (χ3v) is 4.91. The summed E-state index contributed by atoms with van der Waals surface area (Å²) in [5, 5.41) is 2.95. The quantitative estimate of drug-likeness (QED) is 0.845. The minimum atomic E-state index is -0.412. The van der Waals surface area contributed by atoms with Gasteiger partial charge in [0.25, 0.3) is 5.91 Å². The number of ether oxygens (including phenoxy) is 2. The number of amides is 1. The zero-order valence-corrected chi connectivity index (χ0v) is 15.6. The Bertz CT molecular complexity index is 812. The van der Waals surface area contributed by atoms with Crippen molar-refractivity contribution >= 4 is 18.3 Å². The highest BCUT2D eigenvalue weighted by Crippen LogP contribution is 2.36. The van der Waals surface area contributed by atoms with Gasteiger partial charge in [-0.05, 0) is 61.8 Å². The number of fused-ring (bicyclic) bond motifs is 1. The fraction of sp³-hybridized carbons (Fsp3) is 0.350. The highest BCUT2D eigenvalue weighted by Gasteiger charge is 2.26. The highest BCUT2D eigenvalue weighted by molar-refractivity contribution is 5.94. The zero-order valence-electron chi connectivity index (χ0n) is 14.8. The molecule has 0 spiro atoms. The molecule has 0 saturated carbocycles. The molecule has 0 aliphatic carbocycles. The van der Waals surface area contributed by atoms with Crippen LogP contribution in [0.1, 0.15) is 34.8 Å². The van der Waals surface area contributed by atoms with E-state index in [1.807, 2.05) is 18.2 Å². The van der Waals surface area contributed by atoms with Crippen molar-refractivity contribution in [3.63, 3.8) is 0 Å². The molecule has 5 nitrogen and oxygen atoms in total. The fourth-order valence-corrected chi connectivity index (χ4v) is 3.55. The van der Waals surface area contributed by atoms with Crippen LogP contribution in [0.5, 0.6) is 11.5 Å². The van der Waals surface area contributed by atoms with Crippen LogP contribution >= 0.6 is 12.4 Å². The molecular formula is C20H22ClFN2O3. The van der Waals surface area contributed by atoms with E-state index in [0.29, 0.717) is 12.1 Å². The minimum absolute atomic E-state index is 0. The lowest BCUT2D eigenvalue weighted by molar-refractivity contribution is 0.0937. The van der Waals surface area contributed by atoms with Crippen LogP contribution < -0.4 is 14.8 Å². The molecule has 2 heterocycles. The number of benzene rings is 2. The largest absolute Gasteiger partial charge is 0.454 e. The van der Waals surface area contributed by atoms with Gasteiger partial charge in [0.15, 0.2) is 11.5 Å². The molecule has 0 aromatic heterocycles. The Morgan fingerprint density at radius 1 is 1.11 bits per heavy atom. The van der Waals surface area contributed by atoms with Crippen molar-refractivity contribution in [2.45, 2.75) is 18.9 Å². The van der Waals surface area contributed by atoms with E-state index in [0.717, 1.165) is 43.0 Å². The molecule has 1 atom stereocenters. The van der Waals surface area contributed by atoms with Gasteiger partial charge in [-0.3, -0.25) is 9.69 Å². The van der Waals surface area contributed by atoms with Crippen molar-refractivity contribution in [1.82, 2.24) is 10.2 Å². The number of rotatable bonds is 5. The van der Waals surface area contributed by atoms with Gasteiger partial charge in [-0.1, -0.05) is 12.1 Å². The topological polar surface area (TPSA) is 50.8 Å². The predicted octanol–water partition coefficient (Wildman–Crippen LogP) is 3.54. The van der Waals surface area contributed by atoms with Gasteiger partial charge >= 0.3 is 0 Å². The fourth-order valence-electron chi connectivity index (χ4n) is 3.55. The van der Waals surface area contributed by atoms with Crippen LogP contribution in [0.4, 0.5) is 4.39 Å². The summed E-state index contributed by atoms with van der Waals surface area (Å²) in [6.45, 7) is 2.68. The van der Waals surface area contributed by atoms with Crippen molar-refractivity contribution in [1.29, 1.82) is 0 Å². The SMILES string of the molecule is Cl.O=C(NCC(c1ccc2c(c1)OCO2)N1CCCC1)c1cccc(F)c1. The third kappa shape index (κ3) is 4.34. The van der Waals surface area contributed by atoms with Crippen LogP contribution in [-0.2, 0) is 0 Å². The second-order valence-electron chi connectivity index (χ2n) is 6.59. The van der Waals surface area contributed by atoms with Crippen LogP contribution in [0.15, 0.2) is 42.5 Å². The Labute approximate surface area is 163 Å². The van der Waals surface area contributed by atoms with Crippen LogP contribution in [0.2, 0.25) is 0 Å². The molecule has 1 fully saturated rings. The maximum atomic E-state index is 13.4. The van der Waals surface area contributed by atoms with Crippen molar-refractivity contribution in [2.24, 2.45) is 0 Å². The average molecular weight is 393 g/mol. The molecule has 0 radical (unpaired) electrons. The Morgan fingerprint density at radius 3 is 2.67 bits per heavy atom. The number of nitrogens with zero attached hydrogens (tertiary/aromatic N) is 1. The first kappa shape index (κ1) is 19.5. The molecule has 2 aliphatic heterocycles. The molecule has 4 rings (SSSR count). The molecule has 2 aliphatic rings. The summed E-state index contributed by atoms with van der Waals surface area (Å²) in [5.74, 6) is 0.805. The number of hydrogen-bond donors (Lipinski definition) is 1. The Kier molecular flexibility index (Phi) is 6.19. The first-order valence-electron chi connectivity index (χ1n) is 8.88. The third-order valence-electron chi connectivity index (χ3n) is 4.91. The zero-order chi connectivity index (χ0) is 17.9. The Morgan fingerprint density at radius 2 is 1.89 bits per heavy atom. The summed E-state index contributed by atoms with van der Waals surface area (Å²) in [4.78, 5) is 14.8. The number of halogens is 2. The molecule has 0 bridgehead atoms. The van der Waals surface area contributed by atoms with Gasteiger partial charge in [0.1, 0.15) is 5.82 Å². The van der Waals surface area contributed by atoms with Crippen LogP contribution in [-0.4, -0.2) is 37.2 Å². The number of hydrogen-bond acceptors (Lipinski definition) is 4. The molecule has 7 heteroatoms. The number of likely N-dealkylation sites (tertiary alicyclic amines) is 1. The summed E-state index contributed by atoms with van der Waals surface area (Å²) in [7, 11) is 0. The van der Waals surface area contributed by atoms with E-state index in [9.17, 15) is 9.18 Å². The summed E-state index contributed by atoms with van der Waals surface area (Å²) in [5.41, 5.74) is 1.41. The molecule has 144 valence electrons. The minimum Gasteiger partial charge on any atom is -0.454 e. The Hall–Kier alpha value is -2.31. The molecule has 27 heavy (non-hydrogen) atoms. The number of carbonyl (C=O) groups excluding carboxylic acids is 1. The Balaban J connectivity index is 0.00000210. The monoisotopic (exact) mass is 392 g/mol. The molecule has 1 N–H and O–H groups in total. The molecule has 1 amide bonds.